The van der Waals surface area contributed by atoms with Crippen LogP contribution in [0.5, 0.6) is 0 Å². The minimum absolute atomic E-state index is 0. The number of benzene rings is 1. The molecule has 1 radical (unpaired) electrons. The van der Waals surface area contributed by atoms with Gasteiger partial charge in [0.1, 0.15) is 0 Å². The molecule has 2 heteroatoms. The van der Waals surface area contributed by atoms with Crippen LogP contribution in [0.4, 0.5) is 0 Å². The van der Waals surface area contributed by atoms with Gasteiger partial charge in [-0.2, -0.15) is 0 Å². The third kappa shape index (κ3) is 4.63. The Bertz CT molecular complexity index is 139. The number of aryl methyl sites for hydroxylation is 1. The summed E-state index contributed by atoms with van der Waals surface area (Å²) in [5.41, 5.74) is 1.27. The summed E-state index contributed by atoms with van der Waals surface area (Å²) >= 11 is 0. The molecule has 1 rings (SSSR count). The van der Waals surface area contributed by atoms with Crippen LogP contribution in [0.1, 0.15) is 5.56 Å². The van der Waals surface area contributed by atoms with E-state index in [4.69, 9.17) is 0 Å². The number of hydrogen-bond donors (Lipinski definition) is 0. The second kappa shape index (κ2) is 6.26. The monoisotopic (exact) mass is 190 g/mol. The molecule has 0 unspecified atom stereocenters. The van der Waals surface area contributed by atoms with E-state index in [2.05, 4.69) is 19.1 Å². The summed E-state index contributed by atoms with van der Waals surface area (Å²) in [6.45, 7) is 2.05. The maximum atomic E-state index is 2.96. The average Bonchev–Trinajstić information content (AvgIpc) is 1.69. The molecule has 0 saturated heterocycles. The molecule has 0 nitrogen and oxygen atoms in total. The van der Waals surface area contributed by atoms with E-state index in [-0.39, 0.29) is 31.9 Å². The second-order valence-electron chi connectivity index (χ2n) is 1.58. The molecule has 9 heavy (non-hydrogen) atoms. The Morgan fingerprint density at radius 1 is 1.44 bits per heavy atom. The predicted molar refractivity (Wildman–Crippen MR) is 30.0 cm³/mol. The molecule has 45 valence electrons. The van der Waals surface area contributed by atoms with E-state index in [0.29, 0.717) is 0 Å². The van der Waals surface area contributed by atoms with Crippen LogP contribution in [0.3, 0.4) is 0 Å². The van der Waals surface area contributed by atoms with Crippen molar-refractivity contribution < 1.29 is 31.9 Å². The minimum Gasteiger partial charge on any atom is -1.00 e. The Morgan fingerprint density at radius 2 is 2.11 bits per heavy atom. The van der Waals surface area contributed by atoms with E-state index in [9.17, 15) is 0 Å². The summed E-state index contributed by atoms with van der Waals surface area (Å²) in [6, 6.07) is 10.8. The first-order chi connectivity index (χ1) is 3.39. The van der Waals surface area contributed by atoms with Gasteiger partial charge in [-0.05, 0) is 13.0 Å². The van der Waals surface area contributed by atoms with Gasteiger partial charge >= 0.3 is 0 Å². The SMILES string of the molecule is Cc1c[c]ccc1.[Cl-].[Zn]. The van der Waals surface area contributed by atoms with Gasteiger partial charge in [0.25, 0.3) is 0 Å². The second-order valence-corrected chi connectivity index (χ2v) is 1.58. The third-order valence-corrected chi connectivity index (χ3v) is 0.863. The maximum Gasteiger partial charge on any atom is 0 e. The molecule has 0 bridgehead atoms. The number of hydrogen-bond acceptors (Lipinski definition) is 0. The maximum absolute atomic E-state index is 2.96. The van der Waals surface area contributed by atoms with Crippen LogP contribution >= 0.6 is 0 Å². The molecule has 0 aliphatic carbocycles. The molecular weight excluding hydrogens is 185 g/mol. The third-order valence-electron chi connectivity index (χ3n) is 0.863. The van der Waals surface area contributed by atoms with Gasteiger partial charge in [0, 0.05) is 19.5 Å². The van der Waals surface area contributed by atoms with Crippen molar-refractivity contribution in [1.82, 2.24) is 0 Å². The van der Waals surface area contributed by atoms with E-state index in [0.717, 1.165) is 0 Å². The topological polar surface area (TPSA) is 0 Å². The molecule has 1 aromatic rings. The van der Waals surface area contributed by atoms with Gasteiger partial charge in [0.2, 0.25) is 0 Å². The van der Waals surface area contributed by atoms with E-state index >= 15 is 0 Å². The van der Waals surface area contributed by atoms with Crippen molar-refractivity contribution in [3.05, 3.63) is 35.9 Å². The normalized spacial score (nSPS) is 6.78. The van der Waals surface area contributed by atoms with Crippen molar-refractivity contribution in [2.24, 2.45) is 0 Å². The summed E-state index contributed by atoms with van der Waals surface area (Å²) in [5, 5.41) is 0. The van der Waals surface area contributed by atoms with Crippen LogP contribution in [0, 0.1) is 13.0 Å². The summed E-state index contributed by atoms with van der Waals surface area (Å²) in [7, 11) is 0. The zero-order valence-corrected chi connectivity index (χ0v) is 9.12. The van der Waals surface area contributed by atoms with Gasteiger partial charge in [-0.15, -0.1) is 0 Å². The summed E-state index contributed by atoms with van der Waals surface area (Å²) in [4.78, 5) is 0. The molecule has 1 aromatic carbocycles. The largest absolute Gasteiger partial charge is 1.00 e. The van der Waals surface area contributed by atoms with E-state index in [1.54, 1.807) is 0 Å². The molecule has 0 spiro atoms. The Labute approximate surface area is 74.8 Å². The predicted octanol–water partition coefficient (Wildman–Crippen LogP) is -1.20. The Balaban J connectivity index is 0. The van der Waals surface area contributed by atoms with Gasteiger partial charge in [0.15, 0.2) is 0 Å². The first kappa shape index (κ1) is 11.9. The van der Waals surface area contributed by atoms with E-state index in [1.807, 2.05) is 18.2 Å². The van der Waals surface area contributed by atoms with Gasteiger partial charge in [-0.25, -0.2) is 0 Å². The summed E-state index contributed by atoms with van der Waals surface area (Å²) in [5.74, 6) is 0. The molecule has 0 aliphatic rings. The fourth-order valence-corrected chi connectivity index (χ4v) is 0.483. The quantitative estimate of drug-likeness (QED) is 0.453. The molecule has 0 saturated carbocycles. The molecule has 0 fully saturated rings. The van der Waals surface area contributed by atoms with Crippen molar-refractivity contribution in [3.8, 4) is 0 Å². The van der Waals surface area contributed by atoms with Gasteiger partial charge in [-0.3, -0.25) is 0 Å². The van der Waals surface area contributed by atoms with Crippen molar-refractivity contribution in [1.29, 1.82) is 0 Å². The van der Waals surface area contributed by atoms with Crippen LogP contribution in [0.25, 0.3) is 0 Å². The van der Waals surface area contributed by atoms with Crippen molar-refractivity contribution in [2.75, 3.05) is 0 Å². The summed E-state index contributed by atoms with van der Waals surface area (Å²) in [6.07, 6.45) is 0. The molecule has 0 amide bonds. The molecule has 0 N–H and O–H groups in total. The Morgan fingerprint density at radius 3 is 2.33 bits per heavy atom. The van der Waals surface area contributed by atoms with Crippen LogP contribution in [0.2, 0.25) is 0 Å². The van der Waals surface area contributed by atoms with Crippen LogP contribution in [-0.2, 0) is 19.5 Å². The average molecular weight is 192 g/mol. The fraction of sp³-hybridized carbons (Fsp3) is 0.143. The Kier molecular flexibility index (Phi) is 8.25. The van der Waals surface area contributed by atoms with Gasteiger partial charge < -0.3 is 12.4 Å². The van der Waals surface area contributed by atoms with Gasteiger partial charge in [0.05, 0.1) is 0 Å². The van der Waals surface area contributed by atoms with Crippen molar-refractivity contribution >= 4 is 0 Å². The molecule has 0 aromatic heterocycles. The van der Waals surface area contributed by atoms with Crippen molar-refractivity contribution in [3.63, 3.8) is 0 Å². The van der Waals surface area contributed by atoms with E-state index < -0.39 is 0 Å². The van der Waals surface area contributed by atoms with Crippen LogP contribution in [-0.4, -0.2) is 0 Å². The standard InChI is InChI=1S/C7H7.ClH.Zn/c1-7-5-3-2-4-6-7;;/h2-3,5-6H,1H3;1H;/p-1. The Hall–Kier alpha value is 0.133. The number of rotatable bonds is 0. The fourth-order valence-electron chi connectivity index (χ4n) is 0.483. The minimum atomic E-state index is 0. The first-order valence-electron chi connectivity index (χ1n) is 2.32. The molecular formula is C7H7ClZn-. The smallest absolute Gasteiger partial charge is 0 e. The zero-order valence-electron chi connectivity index (χ0n) is 5.39. The first-order valence-corrected chi connectivity index (χ1v) is 2.32. The molecule has 0 heterocycles. The number of halogens is 1. The van der Waals surface area contributed by atoms with Crippen LogP contribution in [0.15, 0.2) is 24.3 Å². The van der Waals surface area contributed by atoms with Gasteiger partial charge in [-0.1, -0.05) is 29.8 Å². The molecule has 0 aliphatic heterocycles. The molecule has 0 atom stereocenters. The van der Waals surface area contributed by atoms with E-state index in [1.165, 1.54) is 5.56 Å². The van der Waals surface area contributed by atoms with Crippen LogP contribution < -0.4 is 12.4 Å². The van der Waals surface area contributed by atoms with Crippen molar-refractivity contribution in [2.45, 2.75) is 6.92 Å². The summed E-state index contributed by atoms with van der Waals surface area (Å²) < 4.78 is 0. The zero-order chi connectivity index (χ0) is 5.11.